The highest BCUT2D eigenvalue weighted by molar-refractivity contribution is 7.94. The quantitative estimate of drug-likeness (QED) is 0.00462. The lowest BCUT2D eigenvalue weighted by molar-refractivity contribution is -0.437. The summed E-state index contributed by atoms with van der Waals surface area (Å²) < 4.78 is 108. The fraction of sp³-hybridized carbons (Fsp3) is 0.509. The van der Waals surface area contributed by atoms with E-state index in [1.165, 1.54) is 12.1 Å². The number of amides is 2. The highest BCUT2D eigenvalue weighted by Gasteiger charge is 2.45. The Bertz CT molecular complexity index is 3040. The molecule has 2 heterocycles. The molecule has 6 N–H and O–H groups in total. The predicted molar refractivity (Wildman–Crippen MR) is 315 cm³/mol. The Labute approximate surface area is 486 Å². The average Bonchev–Trinajstić information content (AvgIpc) is 3.74. The summed E-state index contributed by atoms with van der Waals surface area (Å²) in [5.41, 5.74) is 5.14. The average molecular weight is 1230 g/mol. The summed E-state index contributed by atoms with van der Waals surface area (Å²) in [6.45, 7) is 8.85. The molecule has 0 saturated carbocycles. The van der Waals surface area contributed by atoms with Crippen LogP contribution >= 0.6 is 35.2 Å². The second kappa shape index (κ2) is 31.3. The predicted octanol–water partition coefficient (Wildman–Crippen LogP) is 9.73. The Hall–Kier alpha value is -4.37. The van der Waals surface area contributed by atoms with Crippen molar-refractivity contribution in [3.8, 4) is 0 Å². The number of aryl methyl sites for hydroxylation is 1. The van der Waals surface area contributed by atoms with Gasteiger partial charge in [-0.25, -0.2) is 5.26 Å². The Kier molecular flexibility index (Phi) is 26.0. The number of unbranched alkanes of at least 4 members (excludes halogenated alkanes) is 4. The molecule has 442 valence electrons. The van der Waals surface area contributed by atoms with Crippen LogP contribution in [0.3, 0.4) is 0 Å². The highest BCUT2D eigenvalue weighted by atomic mass is 35.5. The minimum Gasteiger partial charge on any atom is -0.369 e. The molecule has 25 heteroatoms. The number of fused-ring (bicyclic) bond motifs is 2. The van der Waals surface area contributed by atoms with Gasteiger partial charge in [0.15, 0.2) is 5.71 Å². The summed E-state index contributed by atoms with van der Waals surface area (Å²) in [5.74, 6) is 0.00605. The lowest BCUT2D eigenvalue weighted by atomic mass is 9.77. The van der Waals surface area contributed by atoms with Crippen LogP contribution in [0.25, 0.3) is 0 Å². The van der Waals surface area contributed by atoms with Crippen LogP contribution in [-0.2, 0) is 66.6 Å². The number of hydrogen-bond donors (Lipinski definition) is 6. The van der Waals surface area contributed by atoms with E-state index < -0.39 is 52.7 Å². The van der Waals surface area contributed by atoms with E-state index in [-0.39, 0.29) is 42.6 Å². The monoisotopic (exact) mass is 1230 g/mol. The SMILES string of the molecule is CC1(C)C(/C=C/C=C/C=C2\N(CCCS(=O)(=O)O)c3ccc(S(=O)(=O)O)cc3C2(C)CCCCCC(=O)NCCCCCNC(=O)CCCc2ccc(N(CCCl)CCCl)cc2)=[N+](CCCS(=O)(=O)O)c2ccc(SOOO)cc21. The van der Waals surface area contributed by atoms with Gasteiger partial charge in [0.1, 0.15) is 6.54 Å². The standard InChI is InChI=1S/C55H75Cl2N5O14S4/c1-54(2)46-40-44(77-76-75-65)25-27-48(46)61(34-14-38-78(66,67)68)50(54)17-7-4-8-18-51-55(3,47-41-45(80(72,73)74)26-28-49(47)62(51)35-15-39-79(69,70)71)29-10-5-9-19-52(63)58-32-11-6-12-33-59-53(64)20-13-16-42-21-23-43(24-22-42)60(36-30-56)37-31-57/h4,7-8,17-18,21-28,40-41H,5-6,9-16,19-20,29-39H2,1-3H3,(H5-,58,59,63,64,65,66,67,68,69,70,71,72,73,74)/p+1. The lowest BCUT2D eigenvalue weighted by Crippen LogP contribution is -2.30. The van der Waals surface area contributed by atoms with Gasteiger partial charge in [0.25, 0.3) is 30.4 Å². The molecule has 0 spiro atoms. The minimum atomic E-state index is -4.62. The van der Waals surface area contributed by atoms with Crippen LogP contribution in [0.1, 0.15) is 115 Å². The second-order valence-corrected chi connectivity index (χ2v) is 26.6. The molecule has 2 amide bonds. The molecule has 80 heavy (non-hydrogen) atoms. The zero-order valence-corrected chi connectivity index (χ0v) is 50.3. The van der Waals surface area contributed by atoms with Crippen molar-refractivity contribution < 1.29 is 67.7 Å². The summed E-state index contributed by atoms with van der Waals surface area (Å²) >= 11 is 12.7. The van der Waals surface area contributed by atoms with Gasteiger partial charge in [-0.2, -0.15) is 29.8 Å². The van der Waals surface area contributed by atoms with E-state index in [1.54, 1.807) is 24.3 Å². The first-order chi connectivity index (χ1) is 37.9. The smallest absolute Gasteiger partial charge is 0.294 e. The molecule has 0 bridgehead atoms. The molecule has 19 nitrogen and oxygen atoms in total. The number of carbonyl (C=O) groups is 2. The number of benzene rings is 3. The minimum absolute atomic E-state index is 0.0137. The van der Waals surface area contributed by atoms with Crippen molar-refractivity contribution in [3.05, 3.63) is 113 Å². The van der Waals surface area contributed by atoms with Crippen LogP contribution in [0.2, 0.25) is 0 Å². The third-order valence-corrected chi connectivity index (χ3v) is 17.7. The van der Waals surface area contributed by atoms with Gasteiger partial charge in [-0.05, 0) is 132 Å². The largest absolute Gasteiger partial charge is 0.369 e. The fourth-order valence-electron chi connectivity index (χ4n) is 10.3. The number of hydrogen-bond acceptors (Lipinski definition) is 14. The van der Waals surface area contributed by atoms with Crippen LogP contribution in [0.15, 0.2) is 107 Å². The highest BCUT2D eigenvalue weighted by Crippen LogP contribution is 2.51. The second-order valence-electron chi connectivity index (χ2n) is 20.5. The number of halogens is 2. The van der Waals surface area contributed by atoms with Crippen molar-refractivity contribution >= 4 is 100 Å². The van der Waals surface area contributed by atoms with Gasteiger partial charge in [-0.15, -0.1) is 27.5 Å². The number of nitrogens with one attached hydrogen (secondary N) is 2. The van der Waals surface area contributed by atoms with Gasteiger partial charge in [0.2, 0.25) is 17.5 Å². The van der Waals surface area contributed by atoms with Gasteiger partial charge < -0.3 is 20.4 Å². The number of nitrogens with zero attached hydrogens (tertiary/aromatic N) is 3. The summed E-state index contributed by atoms with van der Waals surface area (Å²) in [6, 6.07) is 18.0. The van der Waals surface area contributed by atoms with Crippen LogP contribution in [0.4, 0.5) is 17.1 Å². The van der Waals surface area contributed by atoms with Gasteiger partial charge in [0.05, 0.1) is 33.9 Å². The zero-order chi connectivity index (χ0) is 58.6. The molecule has 3 aromatic carbocycles. The maximum absolute atomic E-state index is 12.9. The summed E-state index contributed by atoms with van der Waals surface area (Å²) in [7, 11) is -13.2. The molecule has 2 aliphatic rings. The third kappa shape index (κ3) is 20.2. The fourth-order valence-corrected chi connectivity index (χ4v) is 12.6. The van der Waals surface area contributed by atoms with Crippen molar-refractivity contribution in [1.82, 2.24) is 10.6 Å². The summed E-state index contributed by atoms with van der Waals surface area (Å²) in [6.07, 6.45) is 16.3. The molecule has 0 saturated heterocycles. The first-order valence-corrected chi connectivity index (χ1v) is 33.2. The molecule has 3 aromatic rings. The van der Waals surface area contributed by atoms with Crippen LogP contribution in [0, 0.1) is 0 Å². The van der Waals surface area contributed by atoms with E-state index in [9.17, 15) is 48.5 Å². The topological polar surface area (TPSA) is 269 Å². The van der Waals surface area contributed by atoms with Crippen LogP contribution in [0.5, 0.6) is 0 Å². The van der Waals surface area contributed by atoms with Gasteiger partial charge in [-0.1, -0.05) is 48.2 Å². The molecule has 5 rings (SSSR count). The number of allylic oxidation sites excluding steroid dienone is 6. The zero-order valence-electron chi connectivity index (χ0n) is 45.5. The number of alkyl halides is 2. The molecule has 0 aromatic heterocycles. The Morgan fingerprint density at radius 3 is 2.00 bits per heavy atom. The van der Waals surface area contributed by atoms with Crippen molar-refractivity contribution in [3.63, 3.8) is 0 Å². The van der Waals surface area contributed by atoms with E-state index in [1.807, 2.05) is 60.6 Å². The van der Waals surface area contributed by atoms with E-state index in [0.717, 1.165) is 85.4 Å². The molecule has 1 atom stereocenters. The first kappa shape index (κ1) is 66.4. The lowest BCUT2D eigenvalue weighted by Gasteiger charge is -2.30. The summed E-state index contributed by atoms with van der Waals surface area (Å²) in [4.78, 5) is 29.7. The van der Waals surface area contributed by atoms with Crippen molar-refractivity contribution in [1.29, 1.82) is 0 Å². The van der Waals surface area contributed by atoms with Crippen LogP contribution < -0.4 is 20.4 Å². The molecular weight excluding hydrogens is 1150 g/mol. The molecule has 0 fully saturated rings. The van der Waals surface area contributed by atoms with E-state index in [2.05, 4.69) is 49.2 Å². The first-order valence-electron chi connectivity index (χ1n) is 26.7. The molecule has 0 aliphatic carbocycles. The van der Waals surface area contributed by atoms with Gasteiger partial charge in [-0.3, -0.25) is 23.2 Å². The van der Waals surface area contributed by atoms with E-state index in [0.29, 0.717) is 85.2 Å². The van der Waals surface area contributed by atoms with Crippen LogP contribution in [-0.4, -0.2) is 129 Å². The molecule has 0 radical (unpaired) electrons. The maximum Gasteiger partial charge on any atom is 0.294 e. The number of rotatable bonds is 36. The Balaban J connectivity index is 1.19. The van der Waals surface area contributed by atoms with Crippen molar-refractivity contribution in [2.45, 2.75) is 125 Å². The van der Waals surface area contributed by atoms with Crippen molar-refractivity contribution in [2.75, 3.05) is 72.3 Å². The normalized spacial score (nSPS) is 16.8. The molecule has 1 unspecified atom stereocenters. The Morgan fingerprint density at radius 2 is 1.38 bits per heavy atom. The number of carbonyl (C=O) groups excluding carboxylic acids is 2. The third-order valence-electron chi connectivity index (χ3n) is 14.3. The van der Waals surface area contributed by atoms with E-state index >= 15 is 0 Å². The Morgan fingerprint density at radius 1 is 0.738 bits per heavy atom. The van der Waals surface area contributed by atoms with E-state index in [4.69, 9.17) is 28.5 Å². The maximum atomic E-state index is 12.9. The number of anilines is 2. The summed E-state index contributed by atoms with van der Waals surface area (Å²) in [5, 5.41) is 18.5. The van der Waals surface area contributed by atoms with Crippen molar-refractivity contribution in [2.24, 2.45) is 0 Å². The molecule has 2 aliphatic heterocycles. The molecular formula is C55H76Cl2N5O14S4+. The van der Waals surface area contributed by atoms with Gasteiger partial charge >= 0.3 is 0 Å². The van der Waals surface area contributed by atoms with Gasteiger partial charge in [0, 0.05) is 109 Å².